The van der Waals surface area contributed by atoms with Gasteiger partial charge < -0.3 is 20.9 Å². The van der Waals surface area contributed by atoms with Crippen molar-refractivity contribution in [3.8, 4) is 0 Å². The second kappa shape index (κ2) is 6.23. The Morgan fingerprint density at radius 3 is 2.80 bits per heavy atom. The summed E-state index contributed by atoms with van der Waals surface area (Å²) in [5, 5.41) is 11.5. The molecule has 1 aliphatic heterocycles. The van der Waals surface area contributed by atoms with Crippen LogP contribution in [0.1, 0.15) is 23.2 Å². The molecule has 0 aliphatic carbocycles. The average molecular weight is 343 g/mol. The van der Waals surface area contributed by atoms with Gasteiger partial charge in [-0.25, -0.2) is 4.79 Å². The van der Waals surface area contributed by atoms with Gasteiger partial charge in [0.1, 0.15) is 0 Å². The lowest BCUT2D eigenvalue weighted by molar-refractivity contribution is -0.149. The summed E-state index contributed by atoms with van der Waals surface area (Å²) in [6.07, 6.45) is 0.0777. The second-order valence-corrected chi connectivity index (χ2v) is 5.46. The van der Waals surface area contributed by atoms with E-state index in [1.165, 1.54) is 0 Å². The zero-order valence-corrected chi connectivity index (χ0v) is 12.2. The van der Waals surface area contributed by atoms with E-state index in [9.17, 15) is 9.59 Å². The minimum absolute atomic E-state index is 0.257. The zero-order chi connectivity index (χ0) is 14.7. The first-order valence-electron chi connectivity index (χ1n) is 6.19. The number of carbonyl (C=O) groups is 2. The van der Waals surface area contributed by atoms with Gasteiger partial charge in [-0.15, -0.1) is 0 Å². The van der Waals surface area contributed by atoms with Gasteiger partial charge in [0.2, 0.25) is 0 Å². The van der Waals surface area contributed by atoms with Crippen molar-refractivity contribution in [2.45, 2.75) is 25.0 Å². The van der Waals surface area contributed by atoms with Crippen LogP contribution in [0, 0.1) is 0 Å². The Hall–Kier alpha value is -1.60. The highest BCUT2D eigenvalue weighted by Crippen LogP contribution is 2.21. The van der Waals surface area contributed by atoms with Crippen LogP contribution in [0.2, 0.25) is 0 Å². The molecule has 108 valence electrons. The molecule has 1 fully saturated rings. The van der Waals surface area contributed by atoms with Crippen molar-refractivity contribution in [2.24, 2.45) is 0 Å². The Labute approximate surface area is 124 Å². The molecule has 1 saturated heterocycles. The molecule has 20 heavy (non-hydrogen) atoms. The number of hydrogen-bond donors (Lipinski definition) is 3. The monoisotopic (exact) mass is 342 g/mol. The third-order valence-corrected chi connectivity index (χ3v) is 3.85. The smallest absolute Gasteiger partial charge is 0.332 e. The molecule has 7 heteroatoms. The summed E-state index contributed by atoms with van der Waals surface area (Å²) in [6, 6.07) is 4.94. The van der Waals surface area contributed by atoms with E-state index >= 15 is 0 Å². The maximum absolute atomic E-state index is 11.9. The zero-order valence-electron chi connectivity index (χ0n) is 10.6. The summed E-state index contributed by atoms with van der Waals surface area (Å²) >= 11 is 3.26. The van der Waals surface area contributed by atoms with E-state index in [2.05, 4.69) is 21.2 Å². The van der Waals surface area contributed by atoms with E-state index in [4.69, 9.17) is 15.6 Å². The number of benzene rings is 1. The number of rotatable bonds is 4. The summed E-state index contributed by atoms with van der Waals surface area (Å²) in [5.74, 6) is -1.22. The normalized spacial score (nSPS) is 21.6. The number of carboxylic acid groups (broad SMARTS) is 1. The van der Waals surface area contributed by atoms with Crippen molar-refractivity contribution in [2.75, 3.05) is 12.3 Å². The van der Waals surface area contributed by atoms with Crippen molar-refractivity contribution in [3.63, 3.8) is 0 Å². The largest absolute Gasteiger partial charge is 0.479 e. The molecular weight excluding hydrogens is 328 g/mol. The molecule has 1 amide bonds. The van der Waals surface area contributed by atoms with Gasteiger partial charge in [-0.1, -0.05) is 0 Å². The van der Waals surface area contributed by atoms with E-state index in [-0.39, 0.29) is 12.0 Å². The lowest BCUT2D eigenvalue weighted by atomic mass is 10.1. The number of amides is 1. The quantitative estimate of drug-likeness (QED) is 0.717. The molecule has 4 N–H and O–H groups in total. The maximum Gasteiger partial charge on any atom is 0.332 e. The maximum atomic E-state index is 11.9. The van der Waals surface area contributed by atoms with Crippen LogP contribution in [0.4, 0.5) is 5.69 Å². The Kier molecular flexibility index (Phi) is 4.61. The molecule has 0 bridgehead atoms. The Morgan fingerprint density at radius 2 is 2.20 bits per heavy atom. The molecule has 1 aliphatic rings. The summed E-state index contributed by atoms with van der Waals surface area (Å²) < 4.78 is 6.04. The summed E-state index contributed by atoms with van der Waals surface area (Å²) in [6.45, 7) is 0.290. The first-order chi connectivity index (χ1) is 9.47. The van der Waals surface area contributed by atoms with Crippen LogP contribution in [0.15, 0.2) is 22.7 Å². The number of aliphatic carboxylic acids is 1. The van der Waals surface area contributed by atoms with Gasteiger partial charge in [0.25, 0.3) is 5.91 Å². The van der Waals surface area contributed by atoms with Gasteiger partial charge in [0.15, 0.2) is 6.10 Å². The number of carboxylic acids is 1. The van der Waals surface area contributed by atoms with Gasteiger partial charge in [-0.2, -0.15) is 0 Å². The Balaban J connectivity index is 1.86. The molecule has 6 nitrogen and oxygen atoms in total. The van der Waals surface area contributed by atoms with E-state index < -0.39 is 12.1 Å². The highest BCUT2D eigenvalue weighted by molar-refractivity contribution is 9.10. The lowest BCUT2D eigenvalue weighted by Crippen LogP contribution is -2.33. The Bertz CT molecular complexity index is 535. The van der Waals surface area contributed by atoms with Crippen LogP contribution in [-0.4, -0.2) is 35.7 Å². The molecule has 0 saturated carbocycles. The number of nitrogens with two attached hydrogens (primary N) is 1. The minimum atomic E-state index is -0.959. The fraction of sp³-hybridized carbons (Fsp3) is 0.385. The molecular formula is C13H15BrN2O4. The van der Waals surface area contributed by atoms with Gasteiger partial charge in [0, 0.05) is 22.3 Å². The minimum Gasteiger partial charge on any atom is -0.479 e. The predicted octanol–water partition coefficient (Wildman–Crippen LogP) is 1.39. The Morgan fingerprint density at radius 1 is 1.45 bits per heavy atom. The van der Waals surface area contributed by atoms with Crippen molar-refractivity contribution >= 4 is 33.5 Å². The predicted molar refractivity (Wildman–Crippen MR) is 76.4 cm³/mol. The molecule has 2 rings (SSSR count). The molecule has 0 spiro atoms. The molecule has 0 aromatic heterocycles. The van der Waals surface area contributed by atoms with Crippen LogP contribution in [0.3, 0.4) is 0 Å². The van der Waals surface area contributed by atoms with Crippen LogP contribution in [0.25, 0.3) is 0 Å². The first-order valence-corrected chi connectivity index (χ1v) is 6.98. The van der Waals surface area contributed by atoms with Gasteiger partial charge in [-0.3, -0.25) is 4.79 Å². The average Bonchev–Trinajstić information content (AvgIpc) is 2.88. The second-order valence-electron chi connectivity index (χ2n) is 4.61. The number of nitrogen functional groups attached to an aromatic ring is 1. The third kappa shape index (κ3) is 3.49. The topological polar surface area (TPSA) is 102 Å². The fourth-order valence-electron chi connectivity index (χ4n) is 2.03. The standard InChI is InChI=1S/C13H15BrN2O4/c14-9-3-1-7(5-10(9)15)12(17)16-6-8-2-4-11(20-8)13(18)19/h1,3,5,8,11H,2,4,6,15H2,(H,16,17)(H,18,19). The molecule has 2 unspecified atom stereocenters. The number of ether oxygens (including phenoxy) is 1. The van der Waals surface area contributed by atoms with Gasteiger partial charge in [0.05, 0.1) is 6.10 Å². The summed E-state index contributed by atoms with van der Waals surface area (Å²) in [5.41, 5.74) is 6.66. The lowest BCUT2D eigenvalue weighted by Gasteiger charge is -2.12. The van der Waals surface area contributed by atoms with Crippen LogP contribution in [-0.2, 0) is 9.53 Å². The van der Waals surface area contributed by atoms with Crippen LogP contribution >= 0.6 is 15.9 Å². The summed E-state index contributed by atoms with van der Waals surface area (Å²) in [4.78, 5) is 22.7. The van der Waals surface area contributed by atoms with Crippen molar-refractivity contribution < 1.29 is 19.4 Å². The molecule has 0 radical (unpaired) electrons. The van der Waals surface area contributed by atoms with E-state index in [0.29, 0.717) is 30.6 Å². The number of carbonyl (C=O) groups excluding carboxylic acids is 1. The van der Waals surface area contributed by atoms with Crippen molar-refractivity contribution in [3.05, 3.63) is 28.2 Å². The molecule has 1 aromatic carbocycles. The number of anilines is 1. The van der Waals surface area contributed by atoms with Gasteiger partial charge >= 0.3 is 5.97 Å². The van der Waals surface area contributed by atoms with Crippen molar-refractivity contribution in [1.82, 2.24) is 5.32 Å². The molecule has 1 aromatic rings. The first kappa shape index (κ1) is 14.8. The van der Waals surface area contributed by atoms with E-state index in [1.807, 2.05) is 0 Å². The number of halogens is 1. The summed E-state index contributed by atoms with van der Waals surface area (Å²) in [7, 11) is 0. The van der Waals surface area contributed by atoms with Gasteiger partial charge in [-0.05, 0) is 47.0 Å². The molecule has 1 heterocycles. The third-order valence-electron chi connectivity index (χ3n) is 3.13. The number of nitrogens with one attached hydrogen (secondary N) is 1. The van der Waals surface area contributed by atoms with Crippen LogP contribution < -0.4 is 11.1 Å². The SMILES string of the molecule is Nc1cc(C(=O)NCC2CCC(C(=O)O)O2)ccc1Br. The fourth-order valence-corrected chi connectivity index (χ4v) is 2.28. The van der Waals surface area contributed by atoms with E-state index in [0.717, 1.165) is 4.47 Å². The van der Waals surface area contributed by atoms with E-state index in [1.54, 1.807) is 18.2 Å². The van der Waals surface area contributed by atoms with Crippen molar-refractivity contribution in [1.29, 1.82) is 0 Å². The number of hydrogen-bond acceptors (Lipinski definition) is 4. The highest BCUT2D eigenvalue weighted by atomic mass is 79.9. The highest BCUT2D eigenvalue weighted by Gasteiger charge is 2.30. The van der Waals surface area contributed by atoms with Crippen LogP contribution in [0.5, 0.6) is 0 Å². The molecule has 2 atom stereocenters.